The number of anilines is 1. The van der Waals surface area contributed by atoms with E-state index >= 15 is 0 Å². The van der Waals surface area contributed by atoms with E-state index in [1.807, 2.05) is 18.2 Å². The van der Waals surface area contributed by atoms with Crippen molar-refractivity contribution in [1.82, 2.24) is 0 Å². The molecule has 0 aliphatic carbocycles. The van der Waals surface area contributed by atoms with Crippen LogP contribution in [0.2, 0.25) is 0 Å². The lowest BCUT2D eigenvalue weighted by Gasteiger charge is -2.24. The molecule has 0 unspecified atom stereocenters. The molecular weight excluding hydrogens is 250 g/mol. The Hall–Kier alpha value is -1.22. The van der Waals surface area contributed by atoms with Gasteiger partial charge in [-0.2, -0.15) is 0 Å². The molecule has 4 heteroatoms. The molecule has 0 N–H and O–H groups in total. The van der Waals surface area contributed by atoms with Gasteiger partial charge in [0, 0.05) is 7.05 Å². The van der Waals surface area contributed by atoms with Crippen molar-refractivity contribution in [2.75, 3.05) is 24.9 Å². The molecule has 0 atom stereocenters. The van der Waals surface area contributed by atoms with Crippen LogP contribution in [0.15, 0.2) is 18.2 Å². The number of alkyl halides is 1. The predicted molar refractivity (Wildman–Crippen MR) is 75.8 cm³/mol. The van der Waals surface area contributed by atoms with Gasteiger partial charge in [-0.1, -0.05) is 26.8 Å². The second-order valence-electron chi connectivity index (χ2n) is 5.22. The summed E-state index contributed by atoms with van der Waals surface area (Å²) < 4.78 is 5.29. The smallest absolute Gasteiger partial charge is 0.241 e. The van der Waals surface area contributed by atoms with E-state index in [-0.39, 0.29) is 17.2 Å². The maximum absolute atomic E-state index is 11.7. The Morgan fingerprint density at radius 1 is 1.39 bits per heavy atom. The maximum Gasteiger partial charge on any atom is 0.241 e. The highest BCUT2D eigenvalue weighted by atomic mass is 35.5. The van der Waals surface area contributed by atoms with Gasteiger partial charge in [0.25, 0.3) is 0 Å². The molecule has 1 amide bonds. The summed E-state index contributed by atoms with van der Waals surface area (Å²) in [6.45, 7) is 6.38. The fourth-order valence-corrected chi connectivity index (χ4v) is 1.82. The van der Waals surface area contributed by atoms with E-state index in [0.29, 0.717) is 5.75 Å². The lowest BCUT2D eigenvalue weighted by Crippen LogP contribution is -2.28. The molecule has 0 radical (unpaired) electrons. The highest BCUT2D eigenvalue weighted by molar-refractivity contribution is 6.29. The maximum atomic E-state index is 11.7. The van der Waals surface area contributed by atoms with Gasteiger partial charge in [-0.15, -0.1) is 11.6 Å². The van der Waals surface area contributed by atoms with Gasteiger partial charge >= 0.3 is 0 Å². The average Bonchev–Trinajstić information content (AvgIpc) is 2.35. The van der Waals surface area contributed by atoms with Gasteiger partial charge < -0.3 is 9.64 Å². The molecule has 1 aromatic rings. The first-order valence-corrected chi connectivity index (χ1v) is 6.35. The molecule has 100 valence electrons. The van der Waals surface area contributed by atoms with Gasteiger partial charge in [0.1, 0.15) is 11.6 Å². The van der Waals surface area contributed by atoms with E-state index in [1.54, 1.807) is 14.2 Å². The van der Waals surface area contributed by atoms with Gasteiger partial charge in [0.05, 0.1) is 12.8 Å². The molecule has 1 rings (SSSR count). The van der Waals surface area contributed by atoms with Gasteiger partial charge in [-0.25, -0.2) is 0 Å². The van der Waals surface area contributed by atoms with Crippen molar-refractivity contribution < 1.29 is 9.53 Å². The molecule has 0 aliphatic heterocycles. The van der Waals surface area contributed by atoms with Crippen molar-refractivity contribution in [1.29, 1.82) is 0 Å². The summed E-state index contributed by atoms with van der Waals surface area (Å²) in [5, 5.41) is 0. The Bertz CT molecular complexity index is 438. The second kappa shape index (κ2) is 5.61. The number of halogens is 1. The number of methoxy groups -OCH3 is 1. The molecule has 0 bridgehead atoms. The van der Waals surface area contributed by atoms with Crippen molar-refractivity contribution in [2.45, 2.75) is 26.2 Å². The third-order valence-corrected chi connectivity index (χ3v) is 3.12. The number of carbonyl (C=O) groups is 1. The highest BCUT2D eigenvalue weighted by Crippen LogP contribution is 2.33. The zero-order valence-electron chi connectivity index (χ0n) is 11.6. The van der Waals surface area contributed by atoms with Gasteiger partial charge in [0.15, 0.2) is 0 Å². The molecule has 0 aromatic heterocycles. The Kier molecular flexibility index (Phi) is 4.63. The largest absolute Gasteiger partial charge is 0.495 e. The summed E-state index contributed by atoms with van der Waals surface area (Å²) in [4.78, 5) is 13.2. The van der Waals surface area contributed by atoms with Crippen LogP contribution in [0.1, 0.15) is 26.3 Å². The number of nitrogens with zero attached hydrogens (tertiary/aromatic N) is 1. The van der Waals surface area contributed by atoms with Crippen LogP contribution in [0.25, 0.3) is 0 Å². The van der Waals surface area contributed by atoms with Crippen molar-refractivity contribution in [2.24, 2.45) is 0 Å². The van der Waals surface area contributed by atoms with E-state index in [4.69, 9.17) is 16.3 Å². The van der Waals surface area contributed by atoms with Crippen LogP contribution in [-0.2, 0) is 10.2 Å². The first kappa shape index (κ1) is 14.8. The van der Waals surface area contributed by atoms with Crippen LogP contribution in [-0.4, -0.2) is 25.9 Å². The number of hydrogen-bond donors (Lipinski definition) is 0. The Morgan fingerprint density at radius 3 is 2.44 bits per heavy atom. The summed E-state index contributed by atoms with van der Waals surface area (Å²) in [6, 6.07) is 5.87. The third kappa shape index (κ3) is 3.16. The zero-order chi connectivity index (χ0) is 13.9. The van der Waals surface area contributed by atoms with Crippen LogP contribution in [0.5, 0.6) is 5.75 Å². The van der Waals surface area contributed by atoms with Crippen LogP contribution < -0.4 is 9.64 Å². The number of hydrogen-bond acceptors (Lipinski definition) is 2. The molecule has 0 aliphatic rings. The van der Waals surface area contributed by atoms with Gasteiger partial charge in [-0.3, -0.25) is 4.79 Å². The van der Waals surface area contributed by atoms with Crippen molar-refractivity contribution in [3.05, 3.63) is 23.8 Å². The van der Waals surface area contributed by atoms with Crippen molar-refractivity contribution in [3.8, 4) is 5.75 Å². The predicted octanol–water partition coefficient (Wildman–Crippen LogP) is 3.19. The molecule has 0 spiro atoms. The summed E-state index contributed by atoms with van der Waals surface area (Å²) in [5.74, 6) is 0.476. The minimum Gasteiger partial charge on any atom is -0.495 e. The molecule has 0 heterocycles. The number of ether oxygens (including phenoxy) is 1. The molecule has 0 saturated heterocycles. The van der Waals surface area contributed by atoms with Crippen LogP contribution in [0, 0.1) is 0 Å². The molecular formula is C14H20ClNO2. The van der Waals surface area contributed by atoms with E-state index in [0.717, 1.165) is 11.3 Å². The quantitative estimate of drug-likeness (QED) is 0.789. The van der Waals surface area contributed by atoms with Crippen molar-refractivity contribution in [3.63, 3.8) is 0 Å². The topological polar surface area (TPSA) is 29.5 Å². The van der Waals surface area contributed by atoms with E-state index < -0.39 is 0 Å². The third-order valence-electron chi connectivity index (χ3n) is 2.89. The monoisotopic (exact) mass is 269 g/mol. The molecule has 1 aromatic carbocycles. The number of carbonyl (C=O) groups excluding carboxylic acids is 1. The molecule has 0 saturated carbocycles. The Balaban J connectivity index is 3.26. The first-order valence-electron chi connectivity index (χ1n) is 5.82. The average molecular weight is 270 g/mol. The normalized spacial score (nSPS) is 11.2. The minimum atomic E-state index is -0.152. The van der Waals surface area contributed by atoms with Crippen LogP contribution in [0.3, 0.4) is 0 Å². The molecule has 18 heavy (non-hydrogen) atoms. The lowest BCUT2D eigenvalue weighted by atomic mass is 9.86. The molecule has 0 fully saturated rings. The summed E-state index contributed by atoms with van der Waals surface area (Å²) in [5.41, 5.74) is 1.91. The van der Waals surface area contributed by atoms with E-state index in [2.05, 4.69) is 20.8 Å². The SMILES string of the molecule is COc1ccc(C(C)(C)C)cc1N(C)C(=O)CCl. The Labute approximate surface area is 114 Å². The minimum absolute atomic E-state index is 0.0197. The highest BCUT2D eigenvalue weighted by Gasteiger charge is 2.19. The summed E-state index contributed by atoms with van der Waals surface area (Å²) in [6.07, 6.45) is 0. The fraction of sp³-hybridized carbons (Fsp3) is 0.500. The van der Waals surface area contributed by atoms with Crippen LogP contribution >= 0.6 is 11.6 Å². The summed E-state index contributed by atoms with van der Waals surface area (Å²) >= 11 is 5.59. The van der Waals surface area contributed by atoms with Gasteiger partial charge in [0.2, 0.25) is 5.91 Å². The van der Waals surface area contributed by atoms with E-state index in [9.17, 15) is 4.79 Å². The Morgan fingerprint density at radius 2 is 2.00 bits per heavy atom. The number of benzene rings is 1. The lowest BCUT2D eigenvalue weighted by molar-refractivity contribution is -0.116. The van der Waals surface area contributed by atoms with E-state index in [1.165, 1.54) is 4.90 Å². The zero-order valence-corrected chi connectivity index (χ0v) is 12.3. The standard InChI is InChI=1S/C14H20ClNO2/c1-14(2,3)10-6-7-12(18-5)11(8-10)16(4)13(17)9-15/h6-8H,9H2,1-5H3. The fourth-order valence-electron chi connectivity index (χ4n) is 1.64. The number of rotatable bonds is 3. The summed E-state index contributed by atoms with van der Waals surface area (Å²) in [7, 11) is 3.30. The molecule has 3 nitrogen and oxygen atoms in total. The second-order valence-corrected chi connectivity index (χ2v) is 5.49. The number of amides is 1. The van der Waals surface area contributed by atoms with Crippen molar-refractivity contribution >= 4 is 23.2 Å². The van der Waals surface area contributed by atoms with Gasteiger partial charge in [-0.05, 0) is 23.1 Å². The van der Waals surface area contributed by atoms with Crippen LogP contribution in [0.4, 0.5) is 5.69 Å². The first-order chi connectivity index (χ1) is 8.31.